The van der Waals surface area contributed by atoms with E-state index in [1.165, 1.54) is 5.56 Å². The maximum absolute atomic E-state index is 11.0. The van der Waals surface area contributed by atoms with Crippen LogP contribution in [0.4, 0.5) is 5.82 Å². The molecular weight excluding hydrogens is 262 g/mol. The van der Waals surface area contributed by atoms with Crippen LogP contribution in [0.2, 0.25) is 5.15 Å². The molecule has 0 fully saturated rings. The summed E-state index contributed by atoms with van der Waals surface area (Å²) in [6.07, 6.45) is 0.666. The van der Waals surface area contributed by atoms with Crippen LogP contribution in [-0.2, 0) is 6.54 Å². The van der Waals surface area contributed by atoms with Crippen LogP contribution in [0.3, 0.4) is 0 Å². The highest BCUT2D eigenvalue weighted by atomic mass is 35.5. The number of anilines is 1. The molecule has 0 aliphatic heterocycles. The second kappa shape index (κ2) is 5.80. The average Bonchev–Trinajstić information content (AvgIpc) is 2.37. The van der Waals surface area contributed by atoms with E-state index in [2.05, 4.69) is 15.3 Å². The Morgan fingerprint density at radius 2 is 1.89 bits per heavy atom. The Morgan fingerprint density at radius 1 is 1.21 bits per heavy atom. The number of rotatable bonds is 4. The van der Waals surface area contributed by atoms with Gasteiger partial charge >= 0.3 is 0 Å². The molecule has 1 aromatic heterocycles. The minimum Gasteiger partial charge on any atom is -0.365 e. The molecular formula is C14H14ClN3O. The molecule has 0 spiro atoms. The van der Waals surface area contributed by atoms with Crippen molar-refractivity contribution >= 4 is 23.7 Å². The lowest BCUT2D eigenvalue weighted by Gasteiger charge is -2.09. The highest BCUT2D eigenvalue weighted by Gasteiger charge is 2.10. The van der Waals surface area contributed by atoms with Gasteiger partial charge in [0.2, 0.25) is 0 Å². The van der Waals surface area contributed by atoms with Gasteiger partial charge in [-0.05, 0) is 19.4 Å². The van der Waals surface area contributed by atoms with Gasteiger partial charge in [-0.25, -0.2) is 9.97 Å². The van der Waals surface area contributed by atoms with Crippen molar-refractivity contribution in [1.29, 1.82) is 0 Å². The first-order chi connectivity index (χ1) is 9.10. The Morgan fingerprint density at radius 3 is 2.53 bits per heavy atom. The van der Waals surface area contributed by atoms with Crippen molar-refractivity contribution in [2.45, 2.75) is 20.4 Å². The van der Waals surface area contributed by atoms with Crippen LogP contribution < -0.4 is 5.32 Å². The summed E-state index contributed by atoms with van der Waals surface area (Å²) in [7, 11) is 0. The zero-order valence-corrected chi connectivity index (χ0v) is 11.5. The number of aldehydes is 1. The predicted octanol–water partition coefficient (Wildman–Crippen LogP) is 3.17. The number of hydrogen-bond acceptors (Lipinski definition) is 4. The van der Waals surface area contributed by atoms with Gasteiger partial charge in [-0.2, -0.15) is 0 Å². The second-order valence-corrected chi connectivity index (χ2v) is 4.64. The van der Waals surface area contributed by atoms with Crippen LogP contribution in [0.1, 0.15) is 27.3 Å². The summed E-state index contributed by atoms with van der Waals surface area (Å²) in [5.41, 5.74) is 2.60. The lowest BCUT2D eigenvalue weighted by atomic mass is 10.1. The second-order valence-electron chi connectivity index (χ2n) is 4.28. The van der Waals surface area contributed by atoms with E-state index in [0.717, 1.165) is 5.56 Å². The van der Waals surface area contributed by atoms with E-state index >= 15 is 0 Å². The van der Waals surface area contributed by atoms with E-state index in [-0.39, 0.29) is 5.15 Å². The minimum absolute atomic E-state index is 0.175. The van der Waals surface area contributed by atoms with Crippen LogP contribution in [0.15, 0.2) is 24.3 Å². The summed E-state index contributed by atoms with van der Waals surface area (Å²) in [6.45, 7) is 4.35. The monoisotopic (exact) mass is 275 g/mol. The Labute approximate surface area is 116 Å². The molecule has 2 rings (SSSR count). The SMILES string of the molecule is Cc1ccc(CNc2nc(C)nc(Cl)c2C=O)cc1. The quantitative estimate of drug-likeness (QED) is 0.688. The number of carbonyl (C=O) groups is 1. The number of benzene rings is 1. The number of nitrogens with zero attached hydrogens (tertiary/aromatic N) is 2. The van der Waals surface area contributed by atoms with Crippen molar-refractivity contribution in [1.82, 2.24) is 9.97 Å². The zero-order chi connectivity index (χ0) is 13.8. The first-order valence-electron chi connectivity index (χ1n) is 5.89. The number of carbonyl (C=O) groups excluding carboxylic acids is 1. The highest BCUT2D eigenvalue weighted by molar-refractivity contribution is 6.32. The molecule has 19 heavy (non-hydrogen) atoms. The first-order valence-corrected chi connectivity index (χ1v) is 6.26. The molecule has 0 aliphatic rings. The van der Waals surface area contributed by atoms with Crippen LogP contribution in [0.25, 0.3) is 0 Å². The van der Waals surface area contributed by atoms with Gasteiger partial charge in [0, 0.05) is 6.54 Å². The van der Waals surface area contributed by atoms with Crippen molar-refractivity contribution in [3.63, 3.8) is 0 Å². The normalized spacial score (nSPS) is 10.3. The maximum Gasteiger partial charge on any atom is 0.156 e. The van der Waals surface area contributed by atoms with Crippen molar-refractivity contribution in [3.05, 3.63) is 51.9 Å². The number of aromatic nitrogens is 2. The van der Waals surface area contributed by atoms with E-state index in [9.17, 15) is 4.79 Å². The molecule has 0 saturated carbocycles. The van der Waals surface area contributed by atoms with Gasteiger partial charge < -0.3 is 5.32 Å². The standard InChI is InChI=1S/C14H14ClN3O/c1-9-3-5-11(6-4-9)7-16-14-12(8-19)13(15)17-10(2)18-14/h3-6,8H,7H2,1-2H3,(H,16,17,18). The molecule has 1 aromatic carbocycles. The summed E-state index contributed by atoms with van der Waals surface area (Å²) in [6, 6.07) is 8.13. The van der Waals surface area contributed by atoms with Crippen molar-refractivity contribution in [3.8, 4) is 0 Å². The van der Waals surface area contributed by atoms with E-state index in [0.29, 0.717) is 30.0 Å². The smallest absolute Gasteiger partial charge is 0.156 e. The molecule has 5 heteroatoms. The Hall–Kier alpha value is -1.94. The molecule has 0 aliphatic carbocycles. The average molecular weight is 276 g/mol. The fourth-order valence-electron chi connectivity index (χ4n) is 1.68. The van der Waals surface area contributed by atoms with Gasteiger partial charge in [0.25, 0.3) is 0 Å². The number of nitrogens with one attached hydrogen (secondary N) is 1. The fraction of sp³-hybridized carbons (Fsp3) is 0.214. The minimum atomic E-state index is 0.175. The van der Waals surface area contributed by atoms with Crippen LogP contribution >= 0.6 is 11.6 Å². The van der Waals surface area contributed by atoms with Crippen molar-refractivity contribution in [2.75, 3.05) is 5.32 Å². The van der Waals surface area contributed by atoms with Gasteiger partial charge in [-0.1, -0.05) is 41.4 Å². The van der Waals surface area contributed by atoms with Crippen molar-refractivity contribution < 1.29 is 4.79 Å². The van der Waals surface area contributed by atoms with Gasteiger partial charge in [0.15, 0.2) is 6.29 Å². The first kappa shape index (κ1) is 13.5. The molecule has 2 aromatic rings. The predicted molar refractivity (Wildman–Crippen MR) is 75.7 cm³/mol. The lowest BCUT2D eigenvalue weighted by Crippen LogP contribution is -2.07. The zero-order valence-electron chi connectivity index (χ0n) is 10.8. The molecule has 1 heterocycles. The molecule has 0 amide bonds. The van der Waals surface area contributed by atoms with Gasteiger partial charge in [-0.15, -0.1) is 0 Å². The largest absolute Gasteiger partial charge is 0.365 e. The molecule has 0 saturated heterocycles. The molecule has 0 atom stereocenters. The summed E-state index contributed by atoms with van der Waals surface area (Å²) in [4.78, 5) is 19.2. The van der Waals surface area contributed by atoms with E-state index < -0.39 is 0 Å². The third-order valence-corrected chi connectivity index (χ3v) is 3.00. The molecule has 0 bridgehead atoms. The Balaban J connectivity index is 2.19. The number of aryl methyl sites for hydroxylation is 2. The molecule has 98 valence electrons. The summed E-state index contributed by atoms with van der Waals surface area (Å²) < 4.78 is 0. The number of hydrogen-bond donors (Lipinski definition) is 1. The maximum atomic E-state index is 11.0. The Bertz CT molecular complexity index is 596. The van der Waals surface area contributed by atoms with Crippen LogP contribution in [0.5, 0.6) is 0 Å². The fourth-order valence-corrected chi connectivity index (χ4v) is 1.93. The van der Waals surface area contributed by atoms with Crippen molar-refractivity contribution in [2.24, 2.45) is 0 Å². The van der Waals surface area contributed by atoms with Gasteiger partial charge in [0.1, 0.15) is 16.8 Å². The molecule has 4 nitrogen and oxygen atoms in total. The van der Waals surface area contributed by atoms with E-state index in [4.69, 9.17) is 11.6 Å². The molecule has 0 radical (unpaired) electrons. The van der Waals surface area contributed by atoms with E-state index in [1.807, 2.05) is 31.2 Å². The number of halogens is 1. The topological polar surface area (TPSA) is 54.9 Å². The van der Waals surface area contributed by atoms with Gasteiger partial charge in [0.05, 0.1) is 5.56 Å². The summed E-state index contributed by atoms with van der Waals surface area (Å²) in [5, 5.41) is 3.29. The van der Waals surface area contributed by atoms with Crippen LogP contribution in [0, 0.1) is 13.8 Å². The van der Waals surface area contributed by atoms with Gasteiger partial charge in [-0.3, -0.25) is 4.79 Å². The highest BCUT2D eigenvalue weighted by Crippen LogP contribution is 2.19. The molecule has 1 N–H and O–H groups in total. The summed E-state index contributed by atoms with van der Waals surface area (Å²) in [5.74, 6) is 0.995. The third kappa shape index (κ3) is 3.29. The molecule has 0 unspecified atom stereocenters. The Kier molecular flexibility index (Phi) is 4.12. The van der Waals surface area contributed by atoms with E-state index in [1.54, 1.807) is 6.92 Å². The van der Waals surface area contributed by atoms with Crippen LogP contribution in [-0.4, -0.2) is 16.3 Å². The third-order valence-electron chi connectivity index (χ3n) is 2.71. The lowest BCUT2D eigenvalue weighted by molar-refractivity contribution is 0.112. The summed E-state index contributed by atoms with van der Waals surface area (Å²) >= 11 is 5.91.